The molecule has 0 aliphatic heterocycles. The van der Waals surface area contributed by atoms with Gasteiger partial charge in [-0.05, 0) is 43.7 Å². The van der Waals surface area contributed by atoms with Crippen molar-refractivity contribution in [3.63, 3.8) is 0 Å². The molecule has 2 aromatic carbocycles. The van der Waals surface area contributed by atoms with Crippen LogP contribution in [0.5, 0.6) is 0 Å². The molecule has 0 bridgehead atoms. The Morgan fingerprint density at radius 1 is 1.12 bits per heavy atom. The van der Waals surface area contributed by atoms with Crippen LogP contribution in [0.25, 0.3) is 22.1 Å². The van der Waals surface area contributed by atoms with Crippen LogP contribution in [0, 0.1) is 6.92 Å². The van der Waals surface area contributed by atoms with Crippen molar-refractivity contribution in [3.05, 3.63) is 58.6 Å². The van der Waals surface area contributed by atoms with Gasteiger partial charge in [-0.3, -0.25) is 0 Å². The van der Waals surface area contributed by atoms with Crippen LogP contribution in [-0.2, 0) is 0 Å². The van der Waals surface area contributed by atoms with Gasteiger partial charge in [0.05, 0.1) is 5.71 Å². The molecule has 6 nitrogen and oxygen atoms in total. The van der Waals surface area contributed by atoms with Crippen LogP contribution in [0.3, 0.4) is 0 Å². The molecule has 0 atom stereocenters. The molecule has 2 aromatic heterocycles. The van der Waals surface area contributed by atoms with Crippen molar-refractivity contribution in [1.82, 2.24) is 20.2 Å². The first kappa shape index (κ1) is 15.5. The number of halogens is 1. The smallest absolute Gasteiger partial charge is 0.265 e. The van der Waals surface area contributed by atoms with Crippen molar-refractivity contribution in [2.24, 2.45) is 5.10 Å². The van der Waals surface area contributed by atoms with Gasteiger partial charge in [0.1, 0.15) is 5.52 Å². The topological polar surface area (TPSA) is 78.8 Å². The highest BCUT2D eigenvalue weighted by molar-refractivity contribution is 6.30. The maximum absolute atomic E-state index is 5.90. The van der Waals surface area contributed by atoms with E-state index in [1.54, 1.807) is 0 Å². The Morgan fingerprint density at radius 3 is 2.72 bits per heavy atom. The predicted molar refractivity (Wildman–Crippen MR) is 101 cm³/mol. The van der Waals surface area contributed by atoms with Crippen LogP contribution in [0.2, 0.25) is 5.02 Å². The quantitative estimate of drug-likeness (QED) is 0.426. The number of hydrogen-bond acceptors (Lipinski definition) is 5. The Morgan fingerprint density at radius 2 is 1.92 bits per heavy atom. The second kappa shape index (κ2) is 6.14. The van der Waals surface area contributed by atoms with E-state index >= 15 is 0 Å². The first-order valence-corrected chi connectivity index (χ1v) is 8.17. The number of hydrazone groups is 1. The van der Waals surface area contributed by atoms with Crippen molar-refractivity contribution < 1.29 is 0 Å². The van der Waals surface area contributed by atoms with Gasteiger partial charge < -0.3 is 4.98 Å². The van der Waals surface area contributed by atoms with E-state index in [4.69, 9.17) is 11.6 Å². The van der Waals surface area contributed by atoms with E-state index in [9.17, 15) is 0 Å². The summed E-state index contributed by atoms with van der Waals surface area (Å²) in [4.78, 5) is 7.71. The molecular formula is C18H15ClN6. The number of rotatable bonds is 3. The van der Waals surface area contributed by atoms with Crippen LogP contribution in [0.15, 0.2) is 47.6 Å². The van der Waals surface area contributed by atoms with E-state index in [1.807, 2.05) is 50.2 Å². The highest BCUT2D eigenvalue weighted by Gasteiger charge is 2.09. The van der Waals surface area contributed by atoms with Gasteiger partial charge in [-0.25, -0.2) is 5.43 Å². The lowest BCUT2D eigenvalue weighted by molar-refractivity contribution is 1.01. The van der Waals surface area contributed by atoms with Crippen molar-refractivity contribution in [3.8, 4) is 0 Å². The summed E-state index contributed by atoms with van der Waals surface area (Å²) in [7, 11) is 0. The number of benzene rings is 2. The normalized spacial score (nSPS) is 12.0. The molecule has 2 N–H and O–H groups in total. The molecule has 124 valence electrons. The number of hydrogen-bond donors (Lipinski definition) is 2. The summed E-state index contributed by atoms with van der Waals surface area (Å²) in [6, 6.07) is 13.6. The zero-order valence-corrected chi connectivity index (χ0v) is 14.5. The molecule has 0 aliphatic carbocycles. The molecule has 4 aromatic rings. The van der Waals surface area contributed by atoms with E-state index in [0.29, 0.717) is 16.6 Å². The SMILES string of the molecule is C/C(=N/Nc1nnc2c(n1)[nH]c1ccc(C)cc12)c1ccc(Cl)cc1. The number of aryl methyl sites for hydroxylation is 1. The Bertz CT molecular complexity index is 1100. The van der Waals surface area contributed by atoms with Crippen molar-refractivity contribution in [2.45, 2.75) is 13.8 Å². The molecule has 7 heteroatoms. The third-order valence-electron chi connectivity index (χ3n) is 3.96. The zero-order valence-electron chi connectivity index (χ0n) is 13.7. The van der Waals surface area contributed by atoms with Crippen LogP contribution in [0.1, 0.15) is 18.1 Å². The first-order valence-electron chi connectivity index (χ1n) is 7.79. The molecule has 0 radical (unpaired) electrons. The summed E-state index contributed by atoms with van der Waals surface area (Å²) in [5, 5.41) is 14.4. The second-order valence-corrected chi connectivity index (χ2v) is 6.26. The maximum Gasteiger partial charge on any atom is 0.265 e. The lowest BCUT2D eigenvalue weighted by Gasteiger charge is -2.02. The van der Waals surface area contributed by atoms with Crippen LogP contribution in [0.4, 0.5) is 5.95 Å². The van der Waals surface area contributed by atoms with E-state index in [2.05, 4.69) is 36.8 Å². The summed E-state index contributed by atoms with van der Waals surface area (Å²) in [5.74, 6) is 0.337. The van der Waals surface area contributed by atoms with E-state index in [-0.39, 0.29) is 0 Å². The molecule has 0 aliphatic rings. The minimum atomic E-state index is 0.337. The number of fused-ring (bicyclic) bond motifs is 3. The van der Waals surface area contributed by atoms with Gasteiger partial charge in [0.15, 0.2) is 5.65 Å². The van der Waals surface area contributed by atoms with E-state index in [1.165, 1.54) is 5.56 Å². The molecule has 0 saturated carbocycles. The third-order valence-corrected chi connectivity index (χ3v) is 4.21. The molecule has 0 spiro atoms. The Hall–Kier alpha value is -2.99. The fourth-order valence-corrected chi connectivity index (χ4v) is 2.75. The van der Waals surface area contributed by atoms with Crippen molar-refractivity contribution >= 4 is 45.3 Å². The number of aromatic amines is 1. The highest BCUT2D eigenvalue weighted by atomic mass is 35.5. The van der Waals surface area contributed by atoms with Gasteiger partial charge in [-0.1, -0.05) is 35.4 Å². The lowest BCUT2D eigenvalue weighted by Crippen LogP contribution is -2.03. The molecule has 0 unspecified atom stereocenters. The summed E-state index contributed by atoms with van der Waals surface area (Å²) in [6.07, 6.45) is 0. The fourth-order valence-electron chi connectivity index (χ4n) is 2.62. The molecule has 0 amide bonds. The Kier molecular flexibility index (Phi) is 3.82. The Labute approximate surface area is 149 Å². The largest absolute Gasteiger partial charge is 0.338 e. The van der Waals surface area contributed by atoms with E-state index < -0.39 is 0 Å². The first-order chi connectivity index (χ1) is 12.1. The number of anilines is 1. The molecule has 4 rings (SSSR count). The highest BCUT2D eigenvalue weighted by Crippen LogP contribution is 2.23. The number of H-pyrrole nitrogens is 1. The molecule has 0 saturated heterocycles. The van der Waals surface area contributed by atoms with E-state index in [0.717, 1.165) is 27.7 Å². The van der Waals surface area contributed by atoms with Crippen molar-refractivity contribution in [2.75, 3.05) is 5.43 Å². The van der Waals surface area contributed by atoms with Gasteiger partial charge in [-0.15, -0.1) is 10.2 Å². The standard InChI is InChI=1S/C18H15ClN6/c1-10-3-8-15-14(9-10)16-17(20-15)21-18(25-23-16)24-22-11(2)12-4-6-13(19)7-5-12/h3-9H,1-2H3,(H2,20,21,24,25)/b22-11-. The average Bonchev–Trinajstić information content (AvgIpc) is 2.97. The van der Waals surface area contributed by atoms with Gasteiger partial charge in [0, 0.05) is 15.9 Å². The van der Waals surface area contributed by atoms with Gasteiger partial charge >= 0.3 is 0 Å². The second-order valence-electron chi connectivity index (χ2n) is 5.82. The van der Waals surface area contributed by atoms with Crippen LogP contribution >= 0.6 is 11.6 Å². The zero-order chi connectivity index (χ0) is 17.4. The summed E-state index contributed by atoms with van der Waals surface area (Å²) >= 11 is 5.90. The van der Waals surface area contributed by atoms with Gasteiger partial charge in [0.25, 0.3) is 5.95 Å². The minimum absolute atomic E-state index is 0.337. The summed E-state index contributed by atoms with van der Waals surface area (Å²) < 4.78 is 0. The van der Waals surface area contributed by atoms with Gasteiger partial charge in [-0.2, -0.15) is 10.1 Å². The number of nitrogens with one attached hydrogen (secondary N) is 2. The molecule has 0 fully saturated rings. The maximum atomic E-state index is 5.90. The number of nitrogens with zero attached hydrogens (tertiary/aromatic N) is 4. The average molecular weight is 351 g/mol. The lowest BCUT2D eigenvalue weighted by atomic mass is 10.1. The molecule has 25 heavy (non-hydrogen) atoms. The molecule has 2 heterocycles. The minimum Gasteiger partial charge on any atom is -0.338 e. The number of aromatic nitrogens is 4. The van der Waals surface area contributed by atoms with Gasteiger partial charge in [0.2, 0.25) is 0 Å². The van der Waals surface area contributed by atoms with Crippen LogP contribution in [-0.4, -0.2) is 25.9 Å². The molecular weight excluding hydrogens is 336 g/mol. The monoisotopic (exact) mass is 350 g/mol. The van der Waals surface area contributed by atoms with Crippen molar-refractivity contribution in [1.29, 1.82) is 0 Å². The summed E-state index contributed by atoms with van der Waals surface area (Å²) in [5.41, 5.74) is 8.20. The Balaban J connectivity index is 1.64. The van der Waals surface area contributed by atoms with Crippen LogP contribution < -0.4 is 5.43 Å². The summed E-state index contributed by atoms with van der Waals surface area (Å²) in [6.45, 7) is 3.94. The third kappa shape index (κ3) is 3.04. The fraction of sp³-hybridized carbons (Fsp3) is 0.111. The predicted octanol–water partition coefficient (Wildman–Crippen LogP) is 4.30.